The Morgan fingerprint density at radius 3 is 2.94 bits per heavy atom. The molecule has 0 heterocycles. The maximum Gasteiger partial charge on any atom is 0.330 e. The van der Waals surface area contributed by atoms with Crippen LogP contribution in [0.5, 0.6) is 5.75 Å². The van der Waals surface area contributed by atoms with E-state index in [2.05, 4.69) is 4.74 Å². The Labute approximate surface area is 93.1 Å². The van der Waals surface area contributed by atoms with E-state index in [0.29, 0.717) is 12.2 Å². The Morgan fingerprint density at radius 2 is 2.31 bits per heavy atom. The summed E-state index contributed by atoms with van der Waals surface area (Å²) in [6, 6.07) is 6.33. The van der Waals surface area contributed by atoms with Crippen molar-refractivity contribution in [3.8, 4) is 5.75 Å². The maximum absolute atomic E-state index is 11.1. The van der Waals surface area contributed by atoms with Gasteiger partial charge in [0.1, 0.15) is 11.8 Å². The maximum atomic E-state index is 11.1. The van der Waals surface area contributed by atoms with Crippen LogP contribution in [0.3, 0.4) is 0 Å². The van der Waals surface area contributed by atoms with Crippen molar-refractivity contribution >= 4 is 12.4 Å². The van der Waals surface area contributed by atoms with Crippen LogP contribution in [0.4, 0.5) is 0 Å². The Hall–Kier alpha value is -1.88. The lowest BCUT2D eigenvalue weighted by Crippen LogP contribution is -2.34. The zero-order chi connectivity index (χ0) is 12.0. The Bertz CT molecular complexity index is 378. The molecule has 0 aromatic heterocycles. The van der Waals surface area contributed by atoms with Crippen LogP contribution in [0.15, 0.2) is 24.3 Å². The van der Waals surface area contributed by atoms with Crippen LogP contribution in [0, 0.1) is 0 Å². The summed E-state index contributed by atoms with van der Waals surface area (Å²) in [6.45, 7) is 0.0772. The van der Waals surface area contributed by atoms with Gasteiger partial charge in [-0.1, -0.05) is 12.1 Å². The Kier molecular flexibility index (Phi) is 4.47. The zero-order valence-electron chi connectivity index (χ0n) is 8.88. The summed E-state index contributed by atoms with van der Waals surface area (Å²) in [5.41, 5.74) is 6.39. The monoisotopic (exact) mass is 223 g/mol. The van der Waals surface area contributed by atoms with Crippen molar-refractivity contribution in [3.05, 3.63) is 29.8 Å². The third-order valence-electron chi connectivity index (χ3n) is 2.06. The molecule has 0 amide bonds. The van der Waals surface area contributed by atoms with Crippen LogP contribution in [0.2, 0.25) is 0 Å². The van der Waals surface area contributed by atoms with E-state index in [4.69, 9.17) is 10.5 Å². The van der Waals surface area contributed by atoms with Gasteiger partial charge in [-0.25, -0.2) is 4.79 Å². The minimum atomic E-state index is -0.850. The number of benzene rings is 1. The number of rotatable bonds is 5. The highest BCUT2D eigenvalue weighted by molar-refractivity contribution is 5.81. The van der Waals surface area contributed by atoms with E-state index in [1.54, 1.807) is 25.3 Å². The quantitative estimate of drug-likeness (QED) is 0.440. The number of carbonyl (C=O) groups excluding carboxylic acids is 2. The summed E-state index contributed by atoms with van der Waals surface area (Å²) >= 11 is 0. The molecule has 1 rings (SSSR count). The Balaban J connectivity index is 2.64. The second-order valence-electron chi connectivity index (χ2n) is 3.20. The van der Waals surface area contributed by atoms with Crippen molar-refractivity contribution in [2.45, 2.75) is 12.5 Å². The number of hydrogen-bond donors (Lipinski definition) is 1. The van der Waals surface area contributed by atoms with Crippen molar-refractivity contribution in [2.24, 2.45) is 5.73 Å². The summed E-state index contributed by atoms with van der Waals surface area (Å²) < 4.78 is 9.19. The number of methoxy groups -OCH3 is 1. The zero-order valence-corrected chi connectivity index (χ0v) is 8.88. The molecule has 0 radical (unpaired) electrons. The first-order valence-corrected chi connectivity index (χ1v) is 4.70. The van der Waals surface area contributed by atoms with Crippen LogP contribution in [0.25, 0.3) is 0 Å². The highest BCUT2D eigenvalue weighted by atomic mass is 16.6. The highest BCUT2D eigenvalue weighted by Gasteiger charge is 2.15. The molecule has 0 aliphatic rings. The minimum absolute atomic E-state index is 0.0772. The lowest BCUT2D eigenvalue weighted by molar-refractivity contribution is -0.152. The molecule has 0 bridgehead atoms. The second kappa shape index (κ2) is 5.87. The standard InChI is InChI=1S/C11H13NO4/c1-15-9-4-2-3-8(5-9)6-10(12)11(14)16-7-13/h2-5,7,10H,6,12H2,1H3/t10-/m0/s1. The number of esters is 1. The van der Waals surface area contributed by atoms with Crippen molar-refractivity contribution in [3.63, 3.8) is 0 Å². The Morgan fingerprint density at radius 1 is 1.56 bits per heavy atom. The molecule has 0 aliphatic carbocycles. The molecule has 16 heavy (non-hydrogen) atoms. The molecule has 0 unspecified atom stereocenters. The molecule has 1 aromatic rings. The van der Waals surface area contributed by atoms with Gasteiger partial charge in [0.15, 0.2) is 0 Å². The van der Waals surface area contributed by atoms with Crippen LogP contribution < -0.4 is 10.5 Å². The second-order valence-corrected chi connectivity index (χ2v) is 3.20. The molecule has 5 nitrogen and oxygen atoms in total. The molecule has 0 spiro atoms. The fourth-order valence-corrected chi connectivity index (χ4v) is 1.27. The molecular weight excluding hydrogens is 210 g/mol. The van der Waals surface area contributed by atoms with E-state index in [1.807, 2.05) is 6.07 Å². The predicted molar refractivity (Wildman–Crippen MR) is 56.8 cm³/mol. The molecule has 0 saturated heterocycles. The lowest BCUT2D eigenvalue weighted by Gasteiger charge is -2.09. The van der Waals surface area contributed by atoms with Gasteiger partial charge in [0, 0.05) is 0 Å². The SMILES string of the molecule is COc1cccc(C[C@H](N)C(=O)OC=O)c1. The molecular formula is C11H13NO4. The van der Waals surface area contributed by atoms with Crippen molar-refractivity contribution < 1.29 is 19.1 Å². The van der Waals surface area contributed by atoms with Gasteiger partial charge in [0.2, 0.25) is 0 Å². The molecule has 86 valence electrons. The predicted octanol–water partition coefficient (Wildman–Crippen LogP) is 0.265. The topological polar surface area (TPSA) is 78.6 Å². The molecule has 0 saturated carbocycles. The smallest absolute Gasteiger partial charge is 0.330 e. The van der Waals surface area contributed by atoms with E-state index in [0.717, 1.165) is 5.56 Å². The van der Waals surface area contributed by atoms with Crippen LogP contribution in [-0.4, -0.2) is 25.6 Å². The van der Waals surface area contributed by atoms with Gasteiger partial charge in [-0.2, -0.15) is 0 Å². The summed E-state index contributed by atoms with van der Waals surface area (Å²) in [7, 11) is 1.56. The number of ether oxygens (including phenoxy) is 2. The molecule has 5 heteroatoms. The van der Waals surface area contributed by atoms with Crippen LogP contribution in [-0.2, 0) is 20.7 Å². The van der Waals surface area contributed by atoms with Gasteiger partial charge in [0.25, 0.3) is 0 Å². The van der Waals surface area contributed by atoms with Crippen molar-refractivity contribution in [2.75, 3.05) is 7.11 Å². The lowest BCUT2D eigenvalue weighted by atomic mass is 10.1. The molecule has 1 aromatic carbocycles. The van der Waals surface area contributed by atoms with Gasteiger partial charge >= 0.3 is 12.4 Å². The van der Waals surface area contributed by atoms with Gasteiger partial charge in [-0.15, -0.1) is 0 Å². The fourth-order valence-electron chi connectivity index (χ4n) is 1.27. The van der Waals surface area contributed by atoms with Gasteiger partial charge in [-0.3, -0.25) is 4.79 Å². The molecule has 0 fully saturated rings. The van der Waals surface area contributed by atoms with E-state index in [-0.39, 0.29) is 6.47 Å². The highest BCUT2D eigenvalue weighted by Crippen LogP contribution is 2.13. The minimum Gasteiger partial charge on any atom is -0.497 e. The average molecular weight is 223 g/mol. The summed E-state index contributed by atoms with van der Waals surface area (Å²) in [5, 5.41) is 0. The van der Waals surface area contributed by atoms with E-state index in [1.165, 1.54) is 0 Å². The van der Waals surface area contributed by atoms with E-state index >= 15 is 0 Å². The normalized spacial score (nSPS) is 11.6. The number of carbonyl (C=O) groups is 2. The summed E-state index contributed by atoms with van der Waals surface area (Å²) in [6.07, 6.45) is 0.296. The summed E-state index contributed by atoms with van der Waals surface area (Å²) in [4.78, 5) is 21.0. The van der Waals surface area contributed by atoms with Crippen molar-refractivity contribution in [1.82, 2.24) is 0 Å². The van der Waals surface area contributed by atoms with Gasteiger partial charge in [-0.05, 0) is 24.1 Å². The van der Waals surface area contributed by atoms with E-state index < -0.39 is 12.0 Å². The fraction of sp³-hybridized carbons (Fsp3) is 0.273. The third-order valence-corrected chi connectivity index (χ3v) is 2.06. The van der Waals surface area contributed by atoms with Gasteiger partial charge < -0.3 is 15.2 Å². The van der Waals surface area contributed by atoms with E-state index in [9.17, 15) is 9.59 Å². The molecule has 2 N–H and O–H groups in total. The first-order valence-electron chi connectivity index (χ1n) is 4.70. The third kappa shape index (κ3) is 3.36. The number of nitrogens with two attached hydrogens (primary N) is 1. The van der Waals surface area contributed by atoms with Gasteiger partial charge in [0.05, 0.1) is 7.11 Å². The first kappa shape index (κ1) is 12.2. The molecule has 0 aliphatic heterocycles. The summed E-state index contributed by atoms with van der Waals surface area (Å²) in [5.74, 6) is -0.0497. The van der Waals surface area contributed by atoms with Crippen LogP contribution >= 0.6 is 0 Å². The average Bonchev–Trinajstić information content (AvgIpc) is 2.29. The first-order chi connectivity index (χ1) is 7.67. The van der Waals surface area contributed by atoms with Crippen LogP contribution in [0.1, 0.15) is 5.56 Å². The largest absolute Gasteiger partial charge is 0.497 e. The molecule has 1 atom stereocenters. The number of hydrogen-bond acceptors (Lipinski definition) is 5. The van der Waals surface area contributed by atoms with Crippen molar-refractivity contribution in [1.29, 1.82) is 0 Å².